The maximum atomic E-state index is 13.1. The maximum absolute atomic E-state index is 13.1. The zero-order valence-electron chi connectivity index (χ0n) is 19.2. The summed E-state index contributed by atoms with van der Waals surface area (Å²) in [5.41, 5.74) is 4.09. The molecule has 1 fully saturated rings. The Morgan fingerprint density at radius 2 is 2.12 bits per heavy atom. The lowest BCUT2D eigenvalue weighted by Gasteiger charge is -2.29. The summed E-state index contributed by atoms with van der Waals surface area (Å²) >= 11 is 0. The number of amides is 1. The van der Waals surface area contributed by atoms with Crippen LogP contribution in [-0.4, -0.2) is 61.6 Å². The fourth-order valence-corrected chi connectivity index (χ4v) is 4.84. The Hall–Kier alpha value is -3.49. The first-order chi connectivity index (χ1) is 16.2. The molecule has 3 aromatic rings. The Kier molecular flexibility index (Phi) is 5.93. The van der Waals surface area contributed by atoms with E-state index in [1.807, 2.05) is 36.9 Å². The molecule has 2 N–H and O–H groups in total. The van der Waals surface area contributed by atoms with Gasteiger partial charge in [-0.15, -0.1) is 0 Å². The predicted octanol–water partition coefficient (Wildman–Crippen LogP) is 3.33. The summed E-state index contributed by atoms with van der Waals surface area (Å²) < 4.78 is 0. The van der Waals surface area contributed by atoms with Crippen molar-refractivity contribution < 1.29 is 4.79 Å². The van der Waals surface area contributed by atoms with Crippen molar-refractivity contribution in [3.8, 4) is 11.3 Å². The molecular weight excluding hydrogens is 416 g/mol. The third kappa shape index (κ3) is 4.15. The van der Waals surface area contributed by atoms with Gasteiger partial charge in [0.05, 0.1) is 11.4 Å². The van der Waals surface area contributed by atoms with E-state index in [0.717, 1.165) is 80.1 Å². The molecule has 1 aliphatic carbocycles. The van der Waals surface area contributed by atoms with Gasteiger partial charge in [-0.2, -0.15) is 10.1 Å². The first-order valence-corrected chi connectivity index (χ1v) is 11.9. The van der Waals surface area contributed by atoms with E-state index < -0.39 is 0 Å². The summed E-state index contributed by atoms with van der Waals surface area (Å²) in [6, 6.07) is 5.66. The summed E-state index contributed by atoms with van der Waals surface area (Å²) in [7, 11) is 0. The Morgan fingerprint density at radius 3 is 2.91 bits per heavy atom. The Balaban J connectivity index is 1.43. The minimum absolute atomic E-state index is 0.171. The number of likely N-dealkylation sites (N-methyl/N-ethyl adjacent to an activating group) is 1. The van der Waals surface area contributed by atoms with Crippen molar-refractivity contribution >= 4 is 23.5 Å². The van der Waals surface area contributed by atoms with Gasteiger partial charge in [-0.05, 0) is 58.1 Å². The summed E-state index contributed by atoms with van der Waals surface area (Å²) in [6.45, 7) is 6.28. The number of aromatic nitrogens is 5. The molecule has 9 nitrogen and oxygen atoms in total. The van der Waals surface area contributed by atoms with Crippen LogP contribution in [0.2, 0.25) is 0 Å². The number of H-pyrrole nitrogens is 1. The molecule has 4 heterocycles. The van der Waals surface area contributed by atoms with E-state index in [1.165, 1.54) is 0 Å². The topological polar surface area (TPSA) is 103 Å². The minimum atomic E-state index is -0.195. The summed E-state index contributed by atoms with van der Waals surface area (Å²) in [5, 5.41) is 10.9. The van der Waals surface area contributed by atoms with Crippen LogP contribution in [0, 0.1) is 0 Å². The zero-order valence-corrected chi connectivity index (χ0v) is 19.2. The molecule has 9 heteroatoms. The number of aryl methyl sites for hydroxylation is 1. The third-order valence-electron chi connectivity index (χ3n) is 6.59. The Labute approximate surface area is 193 Å². The van der Waals surface area contributed by atoms with Gasteiger partial charge in [0.15, 0.2) is 5.82 Å². The number of nitrogens with one attached hydrogen (secondary N) is 2. The quantitative estimate of drug-likeness (QED) is 0.574. The Morgan fingerprint density at radius 1 is 1.24 bits per heavy atom. The predicted molar refractivity (Wildman–Crippen MR) is 127 cm³/mol. The van der Waals surface area contributed by atoms with Crippen molar-refractivity contribution in [1.29, 1.82) is 0 Å². The van der Waals surface area contributed by atoms with Gasteiger partial charge < -0.3 is 15.1 Å². The highest BCUT2D eigenvalue weighted by atomic mass is 16.2. The standard InChI is InChI=1S/C24H30N8O/c1-3-31(4-2)23(33)20-11-7-13-32(20)24-26-18-10-5-9-17(18)22(28-24)27-21-14-19(29-30-21)16-8-6-12-25-15-16/h6,8,12,14-15,20H,3-5,7,9-11,13H2,1-2H3,(H2,26,27,28,29,30)/t20-/m0/s1. The zero-order chi connectivity index (χ0) is 22.8. The molecule has 0 spiro atoms. The second kappa shape index (κ2) is 9.17. The van der Waals surface area contributed by atoms with Gasteiger partial charge in [-0.3, -0.25) is 14.9 Å². The number of aromatic amines is 1. The number of carbonyl (C=O) groups excluding carboxylic acids is 1. The number of hydrogen-bond donors (Lipinski definition) is 2. The lowest BCUT2D eigenvalue weighted by molar-refractivity contribution is -0.132. The van der Waals surface area contributed by atoms with Crippen LogP contribution in [0.4, 0.5) is 17.6 Å². The van der Waals surface area contributed by atoms with Gasteiger partial charge in [0.1, 0.15) is 11.9 Å². The van der Waals surface area contributed by atoms with Crippen LogP contribution in [0.25, 0.3) is 11.3 Å². The van der Waals surface area contributed by atoms with Crippen LogP contribution in [0.3, 0.4) is 0 Å². The van der Waals surface area contributed by atoms with E-state index in [4.69, 9.17) is 9.97 Å². The van der Waals surface area contributed by atoms with Crippen LogP contribution in [-0.2, 0) is 17.6 Å². The molecule has 0 aromatic carbocycles. The molecule has 172 valence electrons. The molecule has 1 atom stereocenters. The van der Waals surface area contributed by atoms with Crippen molar-refractivity contribution in [3.63, 3.8) is 0 Å². The van der Waals surface area contributed by atoms with Crippen molar-refractivity contribution in [2.24, 2.45) is 0 Å². The van der Waals surface area contributed by atoms with Gasteiger partial charge >= 0.3 is 0 Å². The van der Waals surface area contributed by atoms with Crippen molar-refractivity contribution in [2.45, 2.75) is 52.0 Å². The highest BCUT2D eigenvalue weighted by Gasteiger charge is 2.35. The maximum Gasteiger partial charge on any atom is 0.245 e. The molecule has 1 amide bonds. The summed E-state index contributed by atoms with van der Waals surface area (Å²) in [5.74, 6) is 2.30. The van der Waals surface area contributed by atoms with Gasteiger partial charge in [-0.1, -0.05) is 0 Å². The lowest BCUT2D eigenvalue weighted by atomic mass is 10.2. The molecule has 2 aliphatic rings. The number of nitrogens with zero attached hydrogens (tertiary/aromatic N) is 6. The summed E-state index contributed by atoms with van der Waals surface area (Å²) in [4.78, 5) is 31.1. The highest BCUT2D eigenvalue weighted by Crippen LogP contribution is 2.33. The van der Waals surface area contributed by atoms with Crippen LogP contribution in [0.5, 0.6) is 0 Å². The van der Waals surface area contributed by atoms with Crippen LogP contribution >= 0.6 is 0 Å². The molecule has 1 saturated heterocycles. The van der Waals surface area contributed by atoms with Crippen LogP contribution in [0.1, 0.15) is 44.4 Å². The van der Waals surface area contributed by atoms with Crippen molar-refractivity contribution in [1.82, 2.24) is 30.0 Å². The molecule has 0 bridgehead atoms. The first kappa shape index (κ1) is 21.4. The van der Waals surface area contributed by atoms with Gasteiger partial charge in [0.25, 0.3) is 0 Å². The van der Waals surface area contributed by atoms with Gasteiger partial charge in [-0.25, -0.2) is 4.98 Å². The van der Waals surface area contributed by atoms with E-state index in [2.05, 4.69) is 25.4 Å². The van der Waals surface area contributed by atoms with Crippen LogP contribution in [0.15, 0.2) is 30.6 Å². The molecule has 3 aromatic heterocycles. The van der Waals surface area contributed by atoms with E-state index in [-0.39, 0.29) is 11.9 Å². The molecule has 1 aliphatic heterocycles. The van der Waals surface area contributed by atoms with Gasteiger partial charge in [0, 0.05) is 49.2 Å². The SMILES string of the molecule is CCN(CC)C(=O)[C@@H]1CCCN1c1nc2c(c(Nc3cc(-c4cccnc4)[nH]n3)n1)CCC2. The number of pyridine rings is 1. The van der Waals surface area contributed by atoms with E-state index in [9.17, 15) is 4.79 Å². The molecular formula is C24H30N8O. The van der Waals surface area contributed by atoms with Gasteiger partial charge in [0.2, 0.25) is 11.9 Å². The number of rotatable bonds is 7. The highest BCUT2D eigenvalue weighted by molar-refractivity contribution is 5.85. The van der Waals surface area contributed by atoms with E-state index >= 15 is 0 Å². The summed E-state index contributed by atoms with van der Waals surface area (Å²) in [6.07, 6.45) is 8.30. The molecule has 0 unspecified atom stereocenters. The minimum Gasteiger partial charge on any atom is -0.341 e. The average molecular weight is 447 g/mol. The smallest absolute Gasteiger partial charge is 0.245 e. The molecule has 0 saturated carbocycles. The lowest BCUT2D eigenvalue weighted by Crippen LogP contribution is -2.46. The van der Waals surface area contributed by atoms with Crippen molar-refractivity contribution in [2.75, 3.05) is 29.9 Å². The van der Waals surface area contributed by atoms with E-state index in [1.54, 1.807) is 12.4 Å². The first-order valence-electron chi connectivity index (χ1n) is 11.9. The number of hydrogen-bond acceptors (Lipinski definition) is 7. The molecule has 33 heavy (non-hydrogen) atoms. The normalized spacial score (nSPS) is 17.3. The number of carbonyl (C=O) groups is 1. The van der Waals surface area contributed by atoms with Crippen LogP contribution < -0.4 is 10.2 Å². The number of anilines is 3. The average Bonchev–Trinajstić information content (AvgIpc) is 3.60. The Bertz CT molecular complexity index is 1120. The van der Waals surface area contributed by atoms with E-state index in [0.29, 0.717) is 11.8 Å². The molecule has 5 rings (SSSR count). The fourth-order valence-electron chi connectivity index (χ4n) is 4.84. The second-order valence-corrected chi connectivity index (χ2v) is 8.55. The number of fused-ring (bicyclic) bond motifs is 1. The fraction of sp³-hybridized carbons (Fsp3) is 0.458. The largest absolute Gasteiger partial charge is 0.341 e. The third-order valence-corrected chi connectivity index (χ3v) is 6.59. The molecule has 0 radical (unpaired) electrons. The van der Waals surface area contributed by atoms with Crippen molar-refractivity contribution in [3.05, 3.63) is 41.9 Å². The monoisotopic (exact) mass is 446 g/mol. The second-order valence-electron chi connectivity index (χ2n) is 8.55.